The first-order chi connectivity index (χ1) is 10.6. The molecule has 2 amide bonds. The van der Waals surface area contributed by atoms with Crippen LogP contribution in [0, 0.1) is 5.41 Å². The van der Waals surface area contributed by atoms with Gasteiger partial charge in [0, 0.05) is 12.1 Å². The van der Waals surface area contributed by atoms with Crippen LogP contribution in [0.4, 0.5) is 5.69 Å². The van der Waals surface area contributed by atoms with Gasteiger partial charge in [-0.25, -0.2) is 0 Å². The predicted octanol–water partition coefficient (Wildman–Crippen LogP) is 2.46. The van der Waals surface area contributed by atoms with Gasteiger partial charge in [0.05, 0.1) is 6.54 Å². The van der Waals surface area contributed by atoms with Crippen molar-refractivity contribution in [1.29, 1.82) is 0 Å². The quantitative estimate of drug-likeness (QED) is 0.744. The molecule has 1 saturated carbocycles. The maximum Gasteiger partial charge on any atom is 0.243 e. The molecule has 0 aromatic heterocycles. The van der Waals surface area contributed by atoms with Crippen LogP contribution in [0.25, 0.3) is 0 Å². The van der Waals surface area contributed by atoms with Crippen molar-refractivity contribution < 1.29 is 9.59 Å². The summed E-state index contributed by atoms with van der Waals surface area (Å²) >= 11 is 0. The fraction of sp³-hybridized carbons (Fsp3) is 0.529. The Hall–Kier alpha value is -1.59. The van der Waals surface area contributed by atoms with Crippen LogP contribution in [0.2, 0.25) is 0 Å². The zero-order chi connectivity index (χ0) is 15.8. The average molecular weight is 340 g/mol. The third-order valence-electron chi connectivity index (χ3n) is 4.39. The summed E-state index contributed by atoms with van der Waals surface area (Å²) in [5.41, 5.74) is 6.54. The molecule has 0 aliphatic heterocycles. The van der Waals surface area contributed by atoms with Gasteiger partial charge in [-0.05, 0) is 36.9 Å². The Morgan fingerprint density at radius 3 is 2.30 bits per heavy atom. The highest BCUT2D eigenvalue weighted by Gasteiger charge is 2.32. The number of rotatable bonds is 6. The van der Waals surface area contributed by atoms with Gasteiger partial charge >= 0.3 is 0 Å². The second-order valence-corrected chi connectivity index (χ2v) is 6.13. The monoisotopic (exact) mass is 339 g/mol. The summed E-state index contributed by atoms with van der Waals surface area (Å²) in [6.07, 6.45) is 5.93. The van der Waals surface area contributed by atoms with E-state index in [2.05, 4.69) is 10.6 Å². The van der Waals surface area contributed by atoms with E-state index in [0.717, 1.165) is 31.4 Å². The third kappa shape index (κ3) is 6.20. The number of nitrogens with one attached hydrogen (secondary N) is 2. The van der Waals surface area contributed by atoms with Crippen LogP contribution < -0.4 is 16.4 Å². The molecule has 4 N–H and O–H groups in total. The molecular formula is C17H26ClN3O2. The number of carbonyl (C=O) groups is 2. The smallest absolute Gasteiger partial charge is 0.243 e. The van der Waals surface area contributed by atoms with E-state index in [0.29, 0.717) is 13.0 Å². The van der Waals surface area contributed by atoms with Crippen LogP contribution in [-0.4, -0.2) is 24.9 Å². The van der Waals surface area contributed by atoms with Crippen molar-refractivity contribution in [2.45, 2.75) is 38.5 Å². The first-order valence-corrected chi connectivity index (χ1v) is 7.95. The molecule has 0 saturated heterocycles. The molecule has 128 valence electrons. The normalized spacial score (nSPS) is 16.0. The Morgan fingerprint density at radius 2 is 1.70 bits per heavy atom. The average Bonchev–Trinajstić information content (AvgIpc) is 2.55. The highest BCUT2D eigenvalue weighted by molar-refractivity contribution is 5.94. The predicted molar refractivity (Wildman–Crippen MR) is 94.5 cm³/mol. The lowest BCUT2D eigenvalue weighted by Crippen LogP contribution is -2.40. The van der Waals surface area contributed by atoms with Crippen LogP contribution in [0.5, 0.6) is 0 Å². The number of nitrogens with two attached hydrogens (primary N) is 1. The molecule has 1 aromatic carbocycles. The summed E-state index contributed by atoms with van der Waals surface area (Å²) in [5.74, 6) is -0.305. The Balaban J connectivity index is 0.00000264. The second-order valence-electron chi connectivity index (χ2n) is 6.13. The third-order valence-corrected chi connectivity index (χ3v) is 4.39. The Kier molecular flexibility index (Phi) is 8.06. The van der Waals surface area contributed by atoms with Gasteiger partial charge in [0.1, 0.15) is 0 Å². The summed E-state index contributed by atoms with van der Waals surface area (Å²) in [7, 11) is 0. The van der Waals surface area contributed by atoms with Crippen LogP contribution in [0.15, 0.2) is 30.3 Å². The highest BCUT2D eigenvalue weighted by atomic mass is 35.5. The molecule has 1 aromatic rings. The largest absolute Gasteiger partial charge is 0.347 e. The van der Waals surface area contributed by atoms with Crippen molar-refractivity contribution in [3.63, 3.8) is 0 Å². The SMILES string of the molecule is Cl.NCC1(CC(=O)NCC(=O)Nc2ccccc2)CCCCC1. The van der Waals surface area contributed by atoms with Gasteiger partial charge in [0.2, 0.25) is 11.8 Å². The van der Waals surface area contributed by atoms with Crippen molar-refractivity contribution in [2.75, 3.05) is 18.4 Å². The van der Waals surface area contributed by atoms with Gasteiger partial charge in [0.25, 0.3) is 0 Å². The standard InChI is InChI=1S/C17H25N3O2.ClH/c18-13-17(9-5-2-6-10-17)11-15(21)19-12-16(22)20-14-7-3-1-4-8-14;/h1,3-4,7-8H,2,5-6,9-13,18H2,(H,19,21)(H,20,22);1H. The van der Waals surface area contributed by atoms with Crippen molar-refractivity contribution in [3.05, 3.63) is 30.3 Å². The van der Waals surface area contributed by atoms with E-state index in [4.69, 9.17) is 5.73 Å². The van der Waals surface area contributed by atoms with Crippen molar-refractivity contribution in [2.24, 2.45) is 11.1 Å². The van der Waals surface area contributed by atoms with Gasteiger partial charge in [-0.2, -0.15) is 0 Å². The van der Waals surface area contributed by atoms with Crippen LogP contribution in [0.1, 0.15) is 38.5 Å². The van der Waals surface area contributed by atoms with Crippen LogP contribution >= 0.6 is 12.4 Å². The van der Waals surface area contributed by atoms with E-state index in [1.54, 1.807) is 0 Å². The minimum Gasteiger partial charge on any atom is -0.347 e. The Labute approximate surface area is 143 Å². The van der Waals surface area contributed by atoms with Gasteiger partial charge in [-0.15, -0.1) is 12.4 Å². The first-order valence-electron chi connectivity index (χ1n) is 7.95. The zero-order valence-corrected chi connectivity index (χ0v) is 14.2. The second kappa shape index (κ2) is 9.53. The molecule has 0 radical (unpaired) electrons. The Morgan fingerprint density at radius 1 is 1.04 bits per heavy atom. The Bertz CT molecular complexity index is 502. The summed E-state index contributed by atoms with van der Waals surface area (Å²) in [4.78, 5) is 23.9. The molecule has 0 unspecified atom stereocenters. The minimum atomic E-state index is -0.218. The molecule has 1 aliphatic rings. The lowest BCUT2D eigenvalue weighted by Gasteiger charge is -2.35. The molecule has 1 fully saturated rings. The van der Waals surface area contributed by atoms with E-state index in [-0.39, 0.29) is 36.2 Å². The van der Waals surface area contributed by atoms with Gasteiger partial charge in [0.15, 0.2) is 0 Å². The molecular weight excluding hydrogens is 314 g/mol. The molecule has 6 heteroatoms. The molecule has 0 spiro atoms. The number of halogens is 1. The fourth-order valence-electron chi connectivity index (χ4n) is 3.06. The summed E-state index contributed by atoms with van der Waals surface area (Å²) in [6.45, 7) is 0.533. The minimum absolute atomic E-state index is 0. The molecule has 0 heterocycles. The van der Waals surface area contributed by atoms with E-state index < -0.39 is 0 Å². The molecule has 5 nitrogen and oxygen atoms in total. The number of benzene rings is 1. The van der Waals surface area contributed by atoms with Crippen LogP contribution in [0.3, 0.4) is 0 Å². The van der Waals surface area contributed by atoms with Crippen molar-refractivity contribution in [3.8, 4) is 0 Å². The fourth-order valence-corrected chi connectivity index (χ4v) is 3.06. The summed E-state index contributed by atoms with van der Waals surface area (Å²) < 4.78 is 0. The lowest BCUT2D eigenvalue weighted by molar-refractivity contribution is -0.126. The highest BCUT2D eigenvalue weighted by Crippen LogP contribution is 2.38. The number of carbonyl (C=O) groups excluding carboxylic acids is 2. The number of amides is 2. The number of hydrogen-bond donors (Lipinski definition) is 3. The molecule has 23 heavy (non-hydrogen) atoms. The maximum atomic E-state index is 12.1. The molecule has 0 atom stereocenters. The number of para-hydroxylation sites is 1. The van der Waals surface area contributed by atoms with E-state index in [1.807, 2.05) is 30.3 Å². The lowest BCUT2D eigenvalue weighted by atomic mass is 9.71. The molecule has 2 rings (SSSR count). The van der Waals surface area contributed by atoms with Crippen molar-refractivity contribution in [1.82, 2.24) is 5.32 Å². The van der Waals surface area contributed by atoms with Gasteiger partial charge in [-0.3, -0.25) is 9.59 Å². The molecule has 0 bridgehead atoms. The molecule has 1 aliphatic carbocycles. The van der Waals surface area contributed by atoms with E-state index in [9.17, 15) is 9.59 Å². The van der Waals surface area contributed by atoms with E-state index >= 15 is 0 Å². The summed E-state index contributed by atoms with van der Waals surface area (Å²) in [5, 5.41) is 5.45. The van der Waals surface area contributed by atoms with Gasteiger partial charge in [-0.1, -0.05) is 37.5 Å². The van der Waals surface area contributed by atoms with Crippen LogP contribution in [-0.2, 0) is 9.59 Å². The van der Waals surface area contributed by atoms with Crippen molar-refractivity contribution >= 4 is 29.9 Å². The summed E-state index contributed by atoms with van der Waals surface area (Å²) in [6, 6.07) is 9.20. The topological polar surface area (TPSA) is 84.2 Å². The maximum absolute atomic E-state index is 12.1. The first kappa shape index (κ1) is 19.5. The zero-order valence-electron chi connectivity index (χ0n) is 13.3. The van der Waals surface area contributed by atoms with Gasteiger partial charge < -0.3 is 16.4 Å². The number of hydrogen-bond acceptors (Lipinski definition) is 3. The van der Waals surface area contributed by atoms with E-state index in [1.165, 1.54) is 6.42 Å². The number of anilines is 1.